The van der Waals surface area contributed by atoms with Crippen LogP contribution in [-0.2, 0) is 6.42 Å². The first kappa shape index (κ1) is 19.6. The first-order valence-corrected chi connectivity index (χ1v) is 9.21. The Morgan fingerprint density at radius 3 is 1.93 bits per heavy atom. The van der Waals surface area contributed by atoms with E-state index < -0.39 is 17.7 Å². The van der Waals surface area contributed by atoms with Gasteiger partial charge in [-0.25, -0.2) is 4.79 Å². The first-order valence-electron chi connectivity index (χ1n) is 9.21. The van der Waals surface area contributed by atoms with Gasteiger partial charge in [0.05, 0.1) is 23.7 Å². The number of benzene rings is 2. The molecule has 6 heteroatoms. The minimum absolute atomic E-state index is 0.00477. The molecule has 1 atom stereocenters. The Hall–Kier alpha value is -3.15. The molecule has 1 unspecified atom stereocenters. The second kappa shape index (κ2) is 7.46. The van der Waals surface area contributed by atoms with E-state index in [1.165, 1.54) is 9.80 Å². The summed E-state index contributed by atoms with van der Waals surface area (Å²) < 4.78 is 0. The van der Waals surface area contributed by atoms with Gasteiger partial charge in [0, 0.05) is 5.54 Å². The number of carboxylic acid groups (broad SMARTS) is 1. The summed E-state index contributed by atoms with van der Waals surface area (Å²) in [4.78, 5) is 40.1. The van der Waals surface area contributed by atoms with Gasteiger partial charge in [0.25, 0.3) is 11.8 Å². The Labute approximate surface area is 164 Å². The smallest absolute Gasteiger partial charge is 0.408 e. The molecule has 1 aliphatic rings. The van der Waals surface area contributed by atoms with Crippen LogP contribution in [0.25, 0.3) is 0 Å². The maximum Gasteiger partial charge on any atom is 0.408 e. The molecular formula is C22H24N2O4. The van der Waals surface area contributed by atoms with Crippen molar-refractivity contribution in [2.75, 3.05) is 6.54 Å². The van der Waals surface area contributed by atoms with E-state index in [2.05, 4.69) is 0 Å². The Morgan fingerprint density at radius 2 is 1.46 bits per heavy atom. The summed E-state index contributed by atoms with van der Waals surface area (Å²) in [5.41, 5.74) is 0.982. The number of imide groups is 1. The van der Waals surface area contributed by atoms with Gasteiger partial charge < -0.3 is 5.11 Å². The Balaban J connectivity index is 1.95. The summed E-state index contributed by atoms with van der Waals surface area (Å²) in [6, 6.07) is 15.6. The van der Waals surface area contributed by atoms with Crippen molar-refractivity contribution in [3.63, 3.8) is 0 Å². The second-order valence-electron chi connectivity index (χ2n) is 7.93. The van der Waals surface area contributed by atoms with Crippen LogP contribution in [0, 0.1) is 0 Å². The quantitative estimate of drug-likeness (QED) is 0.803. The van der Waals surface area contributed by atoms with E-state index in [0.717, 1.165) is 5.56 Å². The molecule has 3 amide bonds. The zero-order chi connectivity index (χ0) is 20.5. The summed E-state index contributed by atoms with van der Waals surface area (Å²) in [5.74, 6) is -0.754. The third-order valence-corrected chi connectivity index (χ3v) is 4.88. The van der Waals surface area contributed by atoms with Crippen LogP contribution in [-0.4, -0.2) is 50.9 Å². The molecule has 0 saturated heterocycles. The molecule has 0 saturated carbocycles. The minimum Gasteiger partial charge on any atom is -0.465 e. The lowest BCUT2D eigenvalue weighted by atomic mass is 9.98. The van der Waals surface area contributed by atoms with E-state index in [9.17, 15) is 19.5 Å². The molecule has 3 rings (SSSR count). The highest BCUT2D eigenvalue weighted by atomic mass is 16.4. The van der Waals surface area contributed by atoms with Gasteiger partial charge in [-0.05, 0) is 44.9 Å². The van der Waals surface area contributed by atoms with Gasteiger partial charge in [0.15, 0.2) is 0 Å². The molecule has 0 bridgehead atoms. The van der Waals surface area contributed by atoms with E-state index >= 15 is 0 Å². The van der Waals surface area contributed by atoms with Gasteiger partial charge in [-0.15, -0.1) is 0 Å². The molecule has 0 radical (unpaired) electrons. The predicted molar refractivity (Wildman–Crippen MR) is 105 cm³/mol. The van der Waals surface area contributed by atoms with E-state index in [1.807, 2.05) is 51.1 Å². The van der Waals surface area contributed by atoms with E-state index in [0.29, 0.717) is 17.5 Å². The lowest BCUT2D eigenvalue weighted by Crippen LogP contribution is -2.56. The summed E-state index contributed by atoms with van der Waals surface area (Å²) in [7, 11) is 0. The van der Waals surface area contributed by atoms with Crippen LogP contribution in [0.3, 0.4) is 0 Å². The van der Waals surface area contributed by atoms with Crippen molar-refractivity contribution in [2.45, 2.75) is 38.8 Å². The monoisotopic (exact) mass is 380 g/mol. The normalized spacial score (nSPS) is 14.8. The van der Waals surface area contributed by atoms with E-state index in [1.54, 1.807) is 24.3 Å². The van der Waals surface area contributed by atoms with Crippen LogP contribution in [0.4, 0.5) is 4.79 Å². The fourth-order valence-corrected chi connectivity index (χ4v) is 3.73. The predicted octanol–water partition coefficient (Wildman–Crippen LogP) is 3.67. The van der Waals surface area contributed by atoms with Gasteiger partial charge in [-0.2, -0.15) is 0 Å². The maximum atomic E-state index is 12.8. The van der Waals surface area contributed by atoms with E-state index in [4.69, 9.17) is 0 Å². The highest BCUT2D eigenvalue weighted by Crippen LogP contribution is 2.26. The number of rotatable bonds is 5. The molecule has 0 aromatic heterocycles. The average Bonchev–Trinajstić information content (AvgIpc) is 2.86. The maximum absolute atomic E-state index is 12.8. The summed E-state index contributed by atoms with van der Waals surface area (Å²) >= 11 is 0. The number of hydrogen-bond acceptors (Lipinski definition) is 3. The van der Waals surface area contributed by atoms with E-state index in [-0.39, 0.29) is 18.4 Å². The standard InChI is InChI=1S/C22H24N2O4/c1-22(2,3)24(21(27)28)16(13-15-9-5-4-6-10-15)14-23-19(25)17-11-7-8-12-18(17)20(23)26/h4-12,16H,13-14H2,1-3H3,(H,27,28). The summed E-state index contributed by atoms with van der Waals surface area (Å²) in [6.45, 7) is 5.43. The largest absolute Gasteiger partial charge is 0.465 e. The van der Waals surface area contributed by atoms with Gasteiger partial charge in [0.2, 0.25) is 0 Å². The highest BCUT2D eigenvalue weighted by molar-refractivity contribution is 6.21. The molecule has 1 heterocycles. The molecule has 1 N–H and O–H groups in total. The fourth-order valence-electron chi connectivity index (χ4n) is 3.73. The molecule has 2 aromatic rings. The zero-order valence-electron chi connectivity index (χ0n) is 16.3. The average molecular weight is 380 g/mol. The first-order chi connectivity index (χ1) is 13.2. The lowest BCUT2D eigenvalue weighted by molar-refractivity contribution is 0.0431. The van der Waals surface area contributed by atoms with Crippen LogP contribution in [0.2, 0.25) is 0 Å². The van der Waals surface area contributed by atoms with Crippen molar-refractivity contribution >= 4 is 17.9 Å². The van der Waals surface area contributed by atoms with Crippen molar-refractivity contribution in [2.24, 2.45) is 0 Å². The number of hydrogen-bond donors (Lipinski definition) is 1. The van der Waals surface area contributed by atoms with Crippen LogP contribution >= 0.6 is 0 Å². The van der Waals surface area contributed by atoms with Crippen molar-refractivity contribution in [1.29, 1.82) is 0 Å². The highest BCUT2D eigenvalue weighted by Gasteiger charge is 2.40. The number of fused-ring (bicyclic) bond motifs is 1. The van der Waals surface area contributed by atoms with Crippen molar-refractivity contribution < 1.29 is 19.5 Å². The molecule has 146 valence electrons. The van der Waals surface area contributed by atoms with Crippen LogP contribution < -0.4 is 0 Å². The molecule has 1 aliphatic heterocycles. The van der Waals surface area contributed by atoms with Crippen molar-refractivity contribution in [1.82, 2.24) is 9.80 Å². The Kier molecular flexibility index (Phi) is 5.23. The molecule has 28 heavy (non-hydrogen) atoms. The van der Waals surface area contributed by atoms with Gasteiger partial charge in [0.1, 0.15) is 0 Å². The topological polar surface area (TPSA) is 77.9 Å². The Morgan fingerprint density at radius 1 is 0.964 bits per heavy atom. The van der Waals surface area contributed by atoms with Crippen LogP contribution in [0.5, 0.6) is 0 Å². The molecular weight excluding hydrogens is 356 g/mol. The summed E-state index contributed by atoms with van der Waals surface area (Å²) in [6.07, 6.45) is -0.678. The molecule has 0 aliphatic carbocycles. The second-order valence-corrected chi connectivity index (χ2v) is 7.93. The van der Waals surface area contributed by atoms with Gasteiger partial charge in [-0.3, -0.25) is 19.4 Å². The summed E-state index contributed by atoms with van der Waals surface area (Å²) in [5, 5.41) is 9.87. The van der Waals surface area contributed by atoms with Gasteiger partial charge >= 0.3 is 6.09 Å². The van der Waals surface area contributed by atoms with Crippen LogP contribution in [0.1, 0.15) is 47.1 Å². The number of nitrogens with zero attached hydrogens (tertiary/aromatic N) is 2. The molecule has 0 fully saturated rings. The van der Waals surface area contributed by atoms with Gasteiger partial charge in [-0.1, -0.05) is 42.5 Å². The minimum atomic E-state index is -1.08. The fraction of sp³-hybridized carbons (Fsp3) is 0.318. The number of amides is 3. The Bertz CT molecular complexity index is 867. The van der Waals surface area contributed by atoms with Crippen molar-refractivity contribution in [3.05, 3.63) is 71.3 Å². The zero-order valence-corrected chi connectivity index (χ0v) is 16.3. The SMILES string of the molecule is CC(C)(C)N(C(=O)O)C(Cc1ccccc1)CN1C(=O)c2ccccc2C1=O. The molecule has 2 aromatic carbocycles. The third kappa shape index (κ3) is 3.76. The molecule has 0 spiro atoms. The van der Waals surface area contributed by atoms with Crippen molar-refractivity contribution in [3.8, 4) is 0 Å². The van der Waals surface area contributed by atoms with Crippen LogP contribution in [0.15, 0.2) is 54.6 Å². The number of carbonyl (C=O) groups excluding carboxylic acids is 2. The lowest BCUT2D eigenvalue weighted by Gasteiger charge is -2.41. The number of carbonyl (C=O) groups is 3. The third-order valence-electron chi connectivity index (χ3n) is 4.88. The molecule has 6 nitrogen and oxygen atoms in total.